The van der Waals surface area contributed by atoms with Crippen LogP contribution in [0.4, 0.5) is 0 Å². The van der Waals surface area contributed by atoms with Crippen molar-refractivity contribution < 1.29 is 14.3 Å². The van der Waals surface area contributed by atoms with Crippen LogP contribution < -0.4 is 5.32 Å². The van der Waals surface area contributed by atoms with Crippen molar-refractivity contribution in [1.82, 2.24) is 10.2 Å². The number of carbonyl (C=O) groups is 2. The van der Waals surface area contributed by atoms with Crippen molar-refractivity contribution >= 4 is 11.9 Å². The van der Waals surface area contributed by atoms with E-state index in [2.05, 4.69) is 10.2 Å². The van der Waals surface area contributed by atoms with Crippen LogP contribution in [0.25, 0.3) is 0 Å². The fraction of sp³-hybridized carbons (Fsp3) is 0.833. The first-order valence-corrected chi connectivity index (χ1v) is 6.15. The first-order valence-electron chi connectivity index (χ1n) is 6.15. The maximum atomic E-state index is 11.5. The number of carbonyl (C=O) groups excluding carboxylic acids is 2. The molecule has 0 aliphatic carbocycles. The molecule has 1 heterocycles. The van der Waals surface area contributed by atoms with E-state index in [0.717, 1.165) is 6.54 Å². The van der Waals surface area contributed by atoms with E-state index in [4.69, 9.17) is 4.74 Å². The summed E-state index contributed by atoms with van der Waals surface area (Å²) in [6.45, 7) is 6.90. The molecule has 5 heteroatoms. The van der Waals surface area contributed by atoms with E-state index < -0.39 is 0 Å². The van der Waals surface area contributed by atoms with Crippen LogP contribution in [-0.2, 0) is 14.3 Å². The molecule has 1 saturated heterocycles. The number of amides is 1. The number of hydrogen-bond acceptors (Lipinski definition) is 4. The van der Waals surface area contributed by atoms with E-state index in [1.165, 1.54) is 7.11 Å². The van der Waals surface area contributed by atoms with Gasteiger partial charge in [-0.15, -0.1) is 0 Å². The molecule has 2 atom stereocenters. The summed E-state index contributed by atoms with van der Waals surface area (Å²) in [6, 6.07) is 0. The van der Waals surface area contributed by atoms with Crippen LogP contribution >= 0.6 is 0 Å². The van der Waals surface area contributed by atoms with E-state index in [1.54, 1.807) is 0 Å². The highest BCUT2D eigenvalue weighted by Gasteiger charge is 2.35. The number of nitrogens with zero attached hydrogens (tertiary/aromatic N) is 1. The normalized spacial score (nSPS) is 24.6. The summed E-state index contributed by atoms with van der Waals surface area (Å²) in [5.74, 6) is 0.186. The van der Waals surface area contributed by atoms with Gasteiger partial charge in [-0.1, -0.05) is 6.92 Å². The van der Waals surface area contributed by atoms with E-state index in [-0.39, 0.29) is 17.8 Å². The van der Waals surface area contributed by atoms with Gasteiger partial charge in [-0.2, -0.15) is 0 Å². The Balaban J connectivity index is 2.34. The Kier molecular flexibility index (Phi) is 5.41. The quantitative estimate of drug-likeness (QED) is 0.702. The lowest BCUT2D eigenvalue weighted by Crippen LogP contribution is -2.30. The van der Waals surface area contributed by atoms with Crippen molar-refractivity contribution in [2.75, 3.05) is 33.3 Å². The molecule has 0 aromatic rings. The number of ether oxygens (including phenoxy) is 1. The largest absolute Gasteiger partial charge is 0.469 e. The maximum Gasteiger partial charge on any atom is 0.310 e. The monoisotopic (exact) mass is 242 g/mol. The molecule has 0 radical (unpaired) electrons. The Morgan fingerprint density at radius 3 is 2.71 bits per heavy atom. The fourth-order valence-corrected chi connectivity index (χ4v) is 2.25. The highest BCUT2D eigenvalue weighted by Crippen LogP contribution is 2.23. The Morgan fingerprint density at radius 1 is 1.41 bits per heavy atom. The Hall–Kier alpha value is -1.10. The van der Waals surface area contributed by atoms with Crippen molar-refractivity contribution in [2.24, 2.45) is 11.8 Å². The lowest BCUT2D eigenvalue weighted by atomic mass is 9.99. The topological polar surface area (TPSA) is 58.6 Å². The second kappa shape index (κ2) is 6.59. The fourth-order valence-electron chi connectivity index (χ4n) is 2.25. The zero-order valence-electron chi connectivity index (χ0n) is 10.9. The summed E-state index contributed by atoms with van der Waals surface area (Å²) >= 11 is 0. The van der Waals surface area contributed by atoms with Gasteiger partial charge in [0.2, 0.25) is 5.91 Å². The summed E-state index contributed by atoms with van der Waals surface area (Å²) in [5.41, 5.74) is 0. The number of rotatable bonds is 5. The second-order valence-corrected chi connectivity index (χ2v) is 4.57. The molecule has 0 spiro atoms. The third kappa shape index (κ3) is 4.00. The predicted molar refractivity (Wildman–Crippen MR) is 64.4 cm³/mol. The zero-order chi connectivity index (χ0) is 12.8. The van der Waals surface area contributed by atoms with Crippen molar-refractivity contribution in [1.29, 1.82) is 0 Å². The standard InChI is InChI=1S/C12H22N2O3/c1-4-13-11(15)5-6-14-7-9(2)10(8-14)12(16)17-3/h9-10H,4-8H2,1-3H3,(H,13,15). The third-order valence-electron chi connectivity index (χ3n) is 3.22. The smallest absolute Gasteiger partial charge is 0.310 e. The van der Waals surface area contributed by atoms with Gasteiger partial charge in [0.25, 0.3) is 0 Å². The minimum absolute atomic E-state index is 0.0470. The average molecular weight is 242 g/mol. The molecule has 0 aromatic carbocycles. The highest BCUT2D eigenvalue weighted by molar-refractivity contribution is 5.76. The van der Waals surface area contributed by atoms with Crippen LogP contribution in [0.1, 0.15) is 20.3 Å². The van der Waals surface area contributed by atoms with Gasteiger partial charge in [0.15, 0.2) is 0 Å². The lowest BCUT2D eigenvalue weighted by molar-refractivity contribution is -0.146. The molecule has 0 aromatic heterocycles. The highest BCUT2D eigenvalue weighted by atomic mass is 16.5. The molecular weight excluding hydrogens is 220 g/mol. The third-order valence-corrected chi connectivity index (χ3v) is 3.22. The van der Waals surface area contributed by atoms with Gasteiger partial charge in [0.05, 0.1) is 13.0 Å². The summed E-state index contributed by atoms with van der Waals surface area (Å²) in [7, 11) is 1.42. The van der Waals surface area contributed by atoms with Crippen LogP contribution in [-0.4, -0.2) is 50.1 Å². The van der Waals surface area contributed by atoms with Gasteiger partial charge in [0.1, 0.15) is 0 Å². The van der Waals surface area contributed by atoms with E-state index in [1.807, 2.05) is 13.8 Å². The van der Waals surface area contributed by atoms with Crippen molar-refractivity contribution in [3.63, 3.8) is 0 Å². The van der Waals surface area contributed by atoms with Crippen molar-refractivity contribution in [3.8, 4) is 0 Å². The Bertz CT molecular complexity index is 281. The summed E-state index contributed by atoms with van der Waals surface area (Å²) in [6.07, 6.45) is 0.494. The van der Waals surface area contributed by atoms with Gasteiger partial charge < -0.3 is 15.0 Å². The van der Waals surface area contributed by atoms with Gasteiger partial charge in [-0.05, 0) is 12.8 Å². The molecule has 1 amide bonds. The van der Waals surface area contributed by atoms with Gasteiger partial charge in [-0.25, -0.2) is 0 Å². The van der Waals surface area contributed by atoms with E-state index in [0.29, 0.717) is 32.0 Å². The second-order valence-electron chi connectivity index (χ2n) is 4.57. The summed E-state index contributed by atoms with van der Waals surface area (Å²) in [4.78, 5) is 25.0. The summed E-state index contributed by atoms with van der Waals surface area (Å²) < 4.78 is 4.77. The molecule has 98 valence electrons. The molecule has 0 bridgehead atoms. The van der Waals surface area contributed by atoms with Crippen LogP contribution in [0.5, 0.6) is 0 Å². The average Bonchev–Trinajstić information content (AvgIpc) is 2.67. The van der Waals surface area contributed by atoms with Crippen LogP contribution in [0, 0.1) is 11.8 Å². The first kappa shape index (κ1) is 14.0. The minimum Gasteiger partial charge on any atom is -0.469 e. The molecule has 5 nitrogen and oxygen atoms in total. The number of hydrogen-bond donors (Lipinski definition) is 1. The number of likely N-dealkylation sites (tertiary alicyclic amines) is 1. The molecule has 2 unspecified atom stereocenters. The predicted octanol–water partition coefficient (Wildman–Crippen LogP) is 0.254. The Labute approximate surface area is 102 Å². The number of nitrogens with one attached hydrogen (secondary N) is 1. The van der Waals surface area contributed by atoms with Crippen LogP contribution in [0.2, 0.25) is 0 Å². The van der Waals surface area contributed by atoms with Crippen LogP contribution in [0.15, 0.2) is 0 Å². The molecule has 1 N–H and O–H groups in total. The lowest BCUT2D eigenvalue weighted by Gasteiger charge is -2.14. The molecule has 1 fully saturated rings. The van der Waals surface area contributed by atoms with Gasteiger partial charge in [-0.3, -0.25) is 9.59 Å². The van der Waals surface area contributed by atoms with Crippen molar-refractivity contribution in [2.45, 2.75) is 20.3 Å². The molecule has 17 heavy (non-hydrogen) atoms. The van der Waals surface area contributed by atoms with Crippen molar-refractivity contribution in [3.05, 3.63) is 0 Å². The van der Waals surface area contributed by atoms with Gasteiger partial charge >= 0.3 is 5.97 Å². The molecule has 1 aliphatic rings. The number of methoxy groups -OCH3 is 1. The van der Waals surface area contributed by atoms with Crippen LogP contribution in [0.3, 0.4) is 0 Å². The minimum atomic E-state index is -0.141. The first-order chi connectivity index (χ1) is 8.08. The molecular formula is C12H22N2O3. The SMILES string of the molecule is CCNC(=O)CCN1CC(C)C(C(=O)OC)C1. The molecule has 1 aliphatic heterocycles. The zero-order valence-corrected chi connectivity index (χ0v) is 10.9. The van der Waals surface area contributed by atoms with E-state index >= 15 is 0 Å². The summed E-state index contributed by atoms with van der Waals surface area (Å²) in [5, 5.41) is 2.77. The van der Waals surface area contributed by atoms with Gasteiger partial charge in [0, 0.05) is 32.6 Å². The molecule has 0 saturated carbocycles. The molecule has 1 rings (SSSR count). The Morgan fingerprint density at radius 2 is 2.12 bits per heavy atom. The maximum absolute atomic E-state index is 11.5. The van der Waals surface area contributed by atoms with E-state index in [9.17, 15) is 9.59 Å². The number of esters is 1.